The van der Waals surface area contributed by atoms with Crippen molar-refractivity contribution < 1.29 is 14.3 Å². The highest BCUT2D eigenvalue weighted by molar-refractivity contribution is 6.04. The highest BCUT2D eigenvalue weighted by Gasteiger charge is 2.35. The van der Waals surface area contributed by atoms with Crippen LogP contribution in [-0.4, -0.2) is 18.5 Å². The Hall–Kier alpha value is -1.77. The Balaban J connectivity index is 2.33. The molecule has 0 amide bonds. The van der Waals surface area contributed by atoms with Gasteiger partial charge in [-0.15, -0.1) is 0 Å². The van der Waals surface area contributed by atoms with Gasteiger partial charge >= 0.3 is 0 Å². The summed E-state index contributed by atoms with van der Waals surface area (Å²) in [5.74, 6) is 1.35. The van der Waals surface area contributed by atoms with E-state index in [1.165, 1.54) is 6.08 Å². The van der Waals surface area contributed by atoms with Crippen molar-refractivity contribution in [1.29, 1.82) is 0 Å². The van der Waals surface area contributed by atoms with Crippen molar-refractivity contribution in [3.63, 3.8) is 0 Å². The van der Waals surface area contributed by atoms with Crippen LogP contribution in [0.1, 0.15) is 19.4 Å². The zero-order valence-corrected chi connectivity index (χ0v) is 9.61. The quantitative estimate of drug-likeness (QED) is 0.764. The topological polar surface area (TPSA) is 35.5 Å². The lowest BCUT2D eigenvalue weighted by Crippen LogP contribution is -2.27. The van der Waals surface area contributed by atoms with Gasteiger partial charge in [0, 0.05) is 11.6 Å². The minimum atomic E-state index is -0.752. The molecule has 2 rings (SSSR count). The number of hydrogen-bond acceptors (Lipinski definition) is 3. The predicted molar refractivity (Wildman–Crippen MR) is 61.1 cm³/mol. The van der Waals surface area contributed by atoms with Gasteiger partial charge in [-0.3, -0.25) is 4.79 Å². The third-order valence-electron chi connectivity index (χ3n) is 2.57. The molecule has 1 aromatic rings. The van der Waals surface area contributed by atoms with Crippen LogP contribution in [0.3, 0.4) is 0 Å². The van der Waals surface area contributed by atoms with E-state index in [2.05, 4.69) is 0 Å². The molecule has 0 spiro atoms. The molecule has 0 radical (unpaired) electrons. The van der Waals surface area contributed by atoms with E-state index in [4.69, 9.17) is 9.47 Å². The molecule has 0 saturated carbocycles. The second-order valence-corrected chi connectivity index (χ2v) is 4.22. The molecule has 84 valence electrons. The fraction of sp³-hybridized carbons (Fsp3) is 0.308. The lowest BCUT2D eigenvalue weighted by atomic mass is 10.1. The van der Waals surface area contributed by atoms with Gasteiger partial charge in [0.1, 0.15) is 11.5 Å². The number of hydrogen-bond donors (Lipinski definition) is 0. The van der Waals surface area contributed by atoms with Gasteiger partial charge < -0.3 is 9.47 Å². The standard InChI is InChI=1S/C13H14O3/c1-13(2)12(14)8-11(16-13)9-5-4-6-10(7-9)15-3/h4-8H,1-3H3. The first-order valence-electron chi connectivity index (χ1n) is 5.12. The van der Waals surface area contributed by atoms with Crippen LogP contribution in [0.4, 0.5) is 0 Å². The Morgan fingerprint density at radius 3 is 2.62 bits per heavy atom. The maximum Gasteiger partial charge on any atom is 0.202 e. The third kappa shape index (κ3) is 1.81. The van der Waals surface area contributed by atoms with Crippen LogP contribution in [-0.2, 0) is 9.53 Å². The number of benzene rings is 1. The van der Waals surface area contributed by atoms with Gasteiger partial charge in [0.05, 0.1) is 7.11 Å². The molecule has 1 aliphatic rings. The molecule has 16 heavy (non-hydrogen) atoms. The van der Waals surface area contributed by atoms with Gasteiger partial charge in [-0.1, -0.05) is 12.1 Å². The molecule has 0 bridgehead atoms. The lowest BCUT2D eigenvalue weighted by Gasteiger charge is -2.18. The number of carbonyl (C=O) groups is 1. The SMILES string of the molecule is COc1cccc(C2=CC(=O)C(C)(C)O2)c1. The van der Waals surface area contributed by atoms with Gasteiger partial charge in [-0.2, -0.15) is 0 Å². The van der Waals surface area contributed by atoms with E-state index in [0.29, 0.717) is 5.76 Å². The average molecular weight is 218 g/mol. The fourth-order valence-corrected chi connectivity index (χ4v) is 1.57. The van der Waals surface area contributed by atoms with Crippen molar-refractivity contribution in [2.75, 3.05) is 7.11 Å². The molecule has 0 N–H and O–H groups in total. The van der Waals surface area contributed by atoms with Crippen molar-refractivity contribution in [2.24, 2.45) is 0 Å². The van der Waals surface area contributed by atoms with Crippen LogP contribution in [0.25, 0.3) is 5.76 Å². The van der Waals surface area contributed by atoms with Crippen LogP contribution in [0.15, 0.2) is 30.3 Å². The summed E-state index contributed by atoms with van der Waals surface area (Å²) in [6, 6.07) is 7.46. The zero-order chi connectivity index (χ0) is 11.8. The monoisotopic (exact) mass is 218 g/mol. The van der Waals surface area contributed by atoms with Gasteiger partial charge in [0.15, 0.2) is 5.60 Å². The number of methoxy groups -OCH3 is 1. The number of ether oxygens (including phenoxy) is 2. The lowest BCUT2D eigenvalue weighted by molar-refractivity contribution is -0.125. The summed E-state index contributed by atoms with van der Waals surface area (Å²) in [6.07, 6.45) is 1.54. The molecule has 0 unspecified atom stereocenters. The molecule has 3 nitrogen and oxygen atoms in total. The maximum absolute atomic E-state index is 11.6. The Morgan fingerprint density at radius 2 is 2.06 bits per heavy atom. The van der Waals surface area contributed by atoms with Crippen LogP contribution in [0.2, 0.25) is 0 Å². The van der Waals surface area contributed by atoms with E-state index in [1.54, 1.807) is 21.0 Å². The number of rotatable bonds is 2. The molecule has 0 saturated heterocycles. The molecule has 3 heteroatoms. The summed E-state index contributed by atoms with van der Waals surface area (Å²) in [5, 5.41) is 0. The van der Waals surface area contributed by atoms with Crippen molar-refractivity contribution >= 4 is 11.5 Å². The van der Waals surface area contributed by atoms with E-state index < -0.39 is 5.60 Å². The first-order valence-corrected chi connectivity index (χ1v) is 5.12. The highest BCUT2D eigenvalue weighted by Crippen LogP contribution is 2.32. The molecule has 0 atom stereocenters. The predicted octanol–water partition coefficient (Wildman–Crippen LogP) is 2.41. The molecule has 1 aromatic carbocycles. The minimum absolute atomic E-state index is 0.00896. The van der Waals surface area contributed by atoms with Crippen molar-refractivity contribution in [3.05, 3.63) is 35.9 Å². The summed E-state index contributed by atoms with van der Waals surface area (Å²) < 4.78 is 10.7. The van der Waals surface area contributed by atoms with Crippen LogP contribution in [0, 0.1) is 0 Å². The first-order chi connectivity index (χ1) is 7.53. The minimum Gasteiger partial charge on any atom is -0.497 e. The Labute approximate surface area is 94.7 Å². The summed E-state index contributed by atoms with van der Waals surface area (Å²) in [4.78, 5) is 11.6. The van der Waals surface area contributed by atoms with E-state index in [1.807, 2.05) is 24.3 Å². The molecular weight excluding hydrogens is 204 g/mol. The van der Waals surface area contributed by atoms with Crippen molar-refractivity contribution in [1.82, 2.24) is 0 Å². The molecule has 1 aliphatic heterocycles. The van der Waals surface area contributed by atoms with E-state index in [9.17, 15) is 4.79 Å². The normalized spacial score (nSPS) is 17.9. The molecular formula is C13H14O3. The molecule has 0 aliphatic carbocycles. The fourth-order valence-electron chi connectivity index (χ4n) is 1.57. The van der Waals surface area contributed by atoms with Gasteiger partial charge in [0.25, 0.3) is 0 Å². The summed E-state index contributed by atoms with van der Waals surface area (Å²) >= 11 is 0. The van der Waals surface area contributed by atoms with Gasteiger partial charge in [-0.05, 0) is 26.0 Å². The van der Waals surface area contributed by atoms with Crippen molar-refractivity contribution in [2.45, 2.75) is 19.4 Å². The number of carbonyl (C=O) groups excluding carboxylic acids is 1. The van der Waals surface area contributed by atoms with E-state index in [0.717, 1.165) is 11.3 Å². The van der Waals surface area contributed by atoms with Crippen molar-refractivity contribution in [3.8, 4) is 5.75 Å². The second-order valence-electron chi connectivity index (χ2n) is 4.22. The molecule has 1 heterocycles. The smallest absolute Gasteiger partial charge is 0.202 e. The summed E-state index contributed by atoms with van der Waals surface area (Å²) in [7, 11) is 1.61. The first kappa shape index (κ1) is 10.7. The Morgan fingerprint density at radius 1 is 1.31 bits per heavy atom. The van der Waals surface area contributed by atoms with Gasteiger partial charge in [-0.25, -0.2) is 0 Å². The average Bonchev–Trinajstić information content (AvgIpc) is 2.54. The van der Waals surface area contributed by atoms with E-state index in [-0.39, 0.29) is 5.78 Å². The Bertz CT molecular complexity index is 458. The molecule has 0 fully saturated rings. The van der Waals surface area contributed by atoms with E-state index >= 15 is 0 Å². The maximum atomic E-state index is 11.6. The third-order valence-corrected chi connectivity index (χ3v) is 2.57. The Kier molecular flexibility index (Phi) is 2.46. The summed E-state index contributed by atoms with van der Waals surface area (Å²) in [5.41, 5.74) is 0.108. The highest BCUT2D eigenvalue weighted by atomic mass is 16.5. The summed E-state index contributed by atoms with van der Waals surface area (Å²) in [6.45, 7) is 3.53. The van der Waals surface area contributed by atoms with Crippen LogP contribution < -0.4 is 4.74 Å². The number of ketones is 1. The van der Waals surface area contributed by atoms with Gasteiger partial charge in [0.2, 0.25) is 5.78 Å². The zero-order valence-electron chi connectivity index (χ0n) is 9.61. The van der Waals surface area contributed by atoms with Crippen LogP contribution in [0.5, 0.6) is 5.75 Å². The van der Waals surface area contributed by atoms with Crippen LogP contribution >= 0.6 is 0 Å². The second kappa shape index (κ2) is 3.67. The molecule has 0 aromatic heterocycles. The largest absolute Gasteiger partial charge is 0.497 e.